The van der Waals surface area contributed by atoms with Gasteiger partial charge in [0.2, 0.25) is 5.91 Å². The molecule has 2 amide bonds. The van der Waals surface area contributed by atoms with Crippen molar-refractivity contribution in [1.82, 2.24) is 10.3 Å². The van der Waals surface area contributed by atoms with E-state index in [-0.39, 0.29) is 17.6 Å². The van der Waals surface area contributed by atoms with E-state index >= 15 is 0 Å². The number of amides is 2. The zero-order valence-electron chi connectivity index (χ0n) is 12.8. The lowest BCUT2D eigenvalue weighted by molar-refractivity contribution is -0.118. The van der Waals surface area contributed by atoms with Crippen LogP contribution < -0.4 is 10.6 Å². The van der Waals surface area contributed by atoms with Gasteiger partial charge >= 0.3 is 0 Å². The van der Waals surface area contributed by atoms with E-state index in [1.54, 1.807) is 30.5 Å². The van der Waals surface area contributed by atoms with Crippen LogP contribution in [-0.2, 0) is 4.79 Å². The second-order valence-electron chi connectivity index (χ2n) is 5.35. The van der Waals surface area contributed by atoms with Crippen LogP contribution in [0.25, 0.3) is 0 Å². The summed E-state index contributed by atoms with van der Waals surface area (Å²) < 4.78 is 5.04. The number of pyridine rings is 1. The molecule has 2 aromatic rings. The van der Waals surface area contributed by atoms with Crippen LogP contribution in [0.15, 0.2) is 41.1 Å². The molecule has 2 heterocycles. The predicted molar refractivity (Wildman–Crippen MR) is 82.4 cm³/mol. The molecule has 0 radical (unpaired) electrons. The van der Waals surface area contributed by atoms with Crippen LogP contribution >= 0.6 is 0 Å². The summed E-state index contributed by atoms with van der Waals surface area (Å²) in [5.41, 5.74) is 1.45. The SMILES string of the molecule is Cc1cc(NC(=O)[C@H](NC(=O)c2ccco2)C(C)C)ccn1. The Balaban J connectivity index is 2.07. The first-order chi connectivity index (χ1) is 10.5. The molecule has 0 spiro atoms. The average molecular weight is 301 g/mol. The molecule has 0 aliphatic carbocycles. The summed E-state index contributed by atoms with van der Waals surface area (Å²) in [4.78, 5) is 28.5. The van der Waals surface area contributed by atoms with Crippen molar-refractivity contribution in [2.24, 2.45) is 5.92 Å². The number of furan rings is 1. The molecule has 0 aromatic carbocycles. The molecule has 0 aliphatic rings. The van der Waals surface area contributed by atoms with Gasteiger partial charge in [0.1, 0.15) is 6.04 Å². The Kier molecular flexibility index (Phi) is 4.93. The number of hydrogen-bond acceptors (Lipinski definition) is 4. The van der Waals surface area contributed by atoms with Crippen molar-refractivity contribution in [2.75, 3.05) is 5.32 Å². The molecule has 22 heavy (non-hydrogen) atoms. The molecule has 6 nitrogen and oxygen atoms in total. The Bertz CT molecular complexity index is 650. The third kappa shape index (κ3) is 3.94. The zero-order chi connectivity index (χ0) is 16.1. The van der Waals surface area contributed by atoms with Gasteiger partial charge in [-0.25, -0.2) is 0 Å². The number of aryl methyl sites for hydroxylation is 1. The van der Waals surface area contributed by atoms with Crippen LogP contribution in [0.4, 0.5) is 5.69 Å². The van der Waals surface area contributed by atoms with Crippen LogP contribution in [0.5, 0.6) is 0 Å². The number of aromatic nitrogens is 1. The minimum Gasteiger partial charge on any atom is -0.459 e. The Labute approximate surface area is 128 Å². The highest BCUT2D eigenvalue weighted by atomic mass is 16.3. The lowest BCUT2D eigenvalue weighted by atomic mass is 10.0. The Morgan fingerprint density at radius 3 is 2.64 bits per heavy atom. The summed E-state index contributed by atoms with van der Waals surface area (Å²) >= 11 is 0. The zero-order valence-corrected chi connectivity index (χ0v) is 12.8. The third-order valence-electron chi connectivity index (χ3n) is 3.14. The number of carbonyl (C=O) groups is 2. The maximum Gasteiger partial charge on any atom is 0.287 e. The molecule has 0 saturated heterocycles. The largest absolute Gasteiger partial charge is 0.459 e. The normalized spacial score (nSPS) is 12.0. The van der Waals surface area contributed by atoms with Gasteiger partial charge in [0.05, 0.1) is 6.26 Å². The molecule has 0 unspecified atom stereocenters. The van der Waals surface area contributed by atoms with Gasteiger partial charge in [0.15, 0.2) is 5.76 Å². The number of rotatable bonds is 5. The fourth-order valence-electron chi connectivity index (χ4n) is 2.00. The summed E-state index contributed by atoms with van der Waals surface area (Å²) in [5.74, 6) is -0.578. The van der Waals surface area contributed by atoms with Crippen LogP contribution in [0.3, 0.4) is 0 Å². The Morgan fingerprint density at radius 2 is 2.05 bits per heavy atom. The first-order valence-electron chi connectivity index (χ1n) is 7.05. The quantitative estimate of drug-likeness (QED) is 0.888. The maximum atomic E-state index is 12.4. The molecular formula is C16H19N3O3. The molecule has 0 fully saturated rings. The van der Waals surface area contributed by atoms with Crippen molar-refractivity contribution >= 4 is 17.5 Å². The van der Waals surface area contributed by atoms with Crippen molar-refractivity contribution in [3.63, 3.8) is 0 Å². The molecule has 0 bridgehead atoms. The van der Waals surface area contributed by atoms with Gasteiger partial charge in [0, 0.05) is 17.6 Å². The fraction of sp³-hybridized carbons (Fsp3) is 0.312. The van der Waals surface area contributed by atoms with Crippen LogP contribution in [0.2, 0.25) is 0 Å². The van der Waals surface area contributed by atoms with E-state index in [1.165, 1.54) is 6.26 Å². The highest BCUT2D eigenvalue weighted by Gasteiger charge is 2.25. The second-order valence-corrected chi connectivity index (χ2v) is 5.35. The van der Waals surface area contributed by atoms with Crippen LogP contribution in [0.1, 0.15) is 30.1 Å². The van der Waals surface area contributed by atoms with Crippen molar-refractivity contribution in [3.8, 4) is 0 Å². The van der Waals surface area contributed by atoms with Gasteiger partial charge in [-0.1, -0.05) is 13.8 Å². The van der Waals surface area contributed by atoms with Crippen LogP contribution in [-0.4, -0.2) is 22.8 Å². The van der Waals surface area contributed by atoms with E-state index in [1.807, 2.05) is 20.8 Å². The molecular weight excluding hydrogens is 282 g/mol. The van der Waals surface area contributed by atoms with Gasteiger partial charge < -0.3 is 15.1 Å². The molecule has 2 rings (SSSR count). The van der Waals surface area contributed by atoms with Gasteiger partial charge in [-0.05, 0) is 37.1 Å². The molecule has 0 saturated carbocycles. The smallest absolute Gasteiger partial charge is 0.287 e. The number of nitrogens with zero attached hydrogens (tertiary/aromatic N) is 1. The Hall–Kier alpha value is -2.63. The fourth-order valence-corrected chi connectivity index (χ4v) is 2.00. The monoisotopic (exact) mass is 301 g/mol. The molecule has 1 atom stereocenters. The number of nitrogens with one attached hydrogen (secondary N) is 2. The van der Waals surface area contributed by atoms with E-state index in [0.29, 0.717) is 5.69 Å². The highest BCUT2D eigenvalue weighted by molar-refractivity contribution is 6.00. The standard InChI is InChI=1S/C16H19N3O3/c1-10(2)14(19-15(20)13-5-4-8-22-13)16(21)18-12-6-7-17-11(3)9-12/h4-10,14H,1-3H3,(H,19,20)(H,17,18,21)/t14-/m1/s1. The molecule has 0 aliphatic heterocycles. The molecule has 6 heteroatoms. The number of anilines is 1. The van der Waals surface area contributed by atoms with Crippen molar-refractivity contribution in [3.05, 3.63) is 48.2 Å². The summed E-state index contributed by atoms with van der Waals surface area (Å²) in [6, 6.07) is 5.99. The highest BCUT2D eigenvalue weighted by Crippen LogP contribution is 2.11. The third-order valence-corrected chi connectivity index (χ3v) is 3.14. The predicted octanol–water partition coefficient (Wildman–Crippen LogP) is 2.38. The van der Waals surface area contributed by atoms with Crippen molar-refractivity contribution in [1.29, 1.82) is 0 Å². The van der Waals surface area contributed by atoms with Gasteiger partial charge in [0.25, 0.3) is 5.91 Å². The Morgan fingerprint density at radius 1 is 1.27 bits per heavy atom. The first-order valence-corrected chi connectivity index (χ1v) is 7.05. The van der Waals surface area contributed by atoms with Crippen LogP contribution in [0, 0.1) is 12.8 Å². The van der Waals surface area contributed by atoms with Gasteiger partial charge in [-0.2, -0.15) is 0 Å². The first kappa shape index (κ1) is 15.8. The van der Waals surface area contributed by atoms with Crippen molar-refractivity contribution < 1.29 is 14.0 Å². The lowest BCUT2D eigenvalue weighted by Crippen LogP contribution is -2.47. The minimum absolute atomic E-state index is 0.0677. The summed E-state index contributed by atoms with van der Waals surface area (Å²) in [7, 11) is 0. The number of hydrogen-bond donors (Lipinski definition) is 2. The van der Waals surface area contributed by atoms with E-state index in [2.05, 4.69) is 15.6 Å². The molecule has 2 N–H and O–H groups in total. The van der Waals surface area contributed by atoms with E-state index in [0.717, 1.165) is 5.69 Å². The van der Waals surface area contributed by atoms with E-state index in [9.17, 15) is 9.59 Å². The molecule has 116 valence electrons. The maximum absolute atomic E-state index is 12.4. The van der Waals surface area contributed by atoms with E-state index < -0.39 is 11.9 Å². The summed E-state index contributed by atoms with van der Waals surface area (Å²) in [5, 5.41) is 5.48. The van der Waals surface area contributed by atoms with Crippen molar-refractivity contribution in [2.45, 2.75) is 26.8 Å². The topological polar surface area (TPSA) is 84.2 Å². The summed E-state index contributed by atoms with van der Waals surface area (Å²) in [6.45, 7) is 5.57. The van der Waals surface area contributed by atoms with Gasteiger partial charge in [-0.3, -0.25) is 14.6 Å². The average Bonchev–Trinajstić information content (AvgIpc) is 2.98. The number of carbonyl (C=O) groups excluding carboxylic acids is 2. The second kappa shape index (κ2) is 6.89. The molecule has 2 aromatic heterocycles. The summed E-state index contributed by atoms with van der Waals surface area (Å²) in [6.07, 6.45) is 3.04. The minimum atomic E-state index is -0.661. The lowest BCUT2D eigenvalue weighted by Gasteiger charge is -2.21. The van der Waals surface area contributed by atoms with Gasteiger partial charge in [-0.15, -0.1) is 0 Å². The van der Waals surface area contributed by atoms with E-state index in [4.69, 9.17) is 4.42 Å².